The van der Waals surface area contributed by atoms with Crippen molar-refractivity contribution in [1.29, 1.82) is 0 Å². The first-order chi connectivity index (χ1) is 8.65. The van der Waals surface area contributed by atoms with Gasteiger partial charge >= 0.3 is 0 Å². The lowest BCUT2D eigenvalue weighted by atomic mass is 10.0. The highest BCUT2D eigenvalue weighted by Crippen LogP contribution is 2.25. The molecule has 2 atom stereocenters. The van der Waals surface area contributed by atoms with Gasteiger partial charge in [0, 0.05) is 26.9 Å². The van der Waals surface area contributed by atoms with E-state index in [-0.39, 0.29) is 6.10 Å². The van der Waals surface area contributed by atoms with Crippen molar-refractivity contribution < 1.29 is 14.2 Å². The van der Waals surface area contributed by atoms with Gasteiger partial charge in [-0.25, -0.2) is 0 Å². The van der Waals surface area contributed by atoms with Crippen molar-refractivity contribution in [2.45, 2.75) is 25.4 Å². The third kappa shape index (κ3) is 3.19. The fourth-order valence-corrected chi connectivity index (χ4v) is 1.99. The Hall–Kier alpha value is -1.16. The summed E-state index contributed by atoms with van der Waals surface area (Å²) in [5, 5.41) is 0. The zero-order chi connectivity index (χ0) is 13.0. The smallest absolute Gasteiger partial charge is 0.280 e. The molecular formula is C15H19O3. The van der Waals surface area contributed by atoms with Crippen LogP contribution in [0.5, 0.6) is 0 Å². The van der Waals surface area contributed by atoms with Crippen molar-refractivity contribution >= 4 is 0 Å². The average molecular weight is 247 g/mol. The molecule has 0 bridgehead atoms. The molecule has 1 fully saturated rings. The standard InChI is InChI=1S/C15H19O3/c1-4-5-12-6-8-13(9-7-12)10-14-11-17-15(2,16-3)18-14/h4-9,14H,1,10-11H2,2-3H3. The van der Waals surface area contributed by atoms with E-state index in [1.54, 1.807) is 20.1 Å². The summed E-state index contributed by atoms with van der Waals surface area (Å²) >= 11 is 0. The van der Waals surface area contributed by atoms with Crippen LogP contribution < -0.4 is 0 Å². The predicted molar refractivity (Wildman–Crippen MR) is 70.0 cm³/mol. The molecule has 1 heterocycles. The number of methoxy groups -OCH3 is 1. The molecule has 97 valence electrons. The maximum atomic E-state index is 5.71. The summed E-state index contributed by atoms with van der Waals surface area (Å²) in [5.41, 5.74) is 2.38. The molecule has 0 aliphatic carbocycles. The molecule has 3 heteroatoms. The lowest BCUT2D eigenvalue weighted by Gasteiger charge is -2.20. The lowest BCUT2D eigenvalue weighted by Crippen LogP contribution is -2.29. The zero-order valence-electron chi connectivity index (χ0n) is 10.9. The van der Waals surface area contributed by atoms with Crippen molar-refractivity contribution in [1.82, 2.24) is 0 Å². The minimum Gasteiger partial charge on any atom is -0.331 e. The molecule has 2 rings (SSSR count). The quantitative estimate of drug-likeness (QED) is 0.800. The van der Waals surface area contributed by atoms with Gasteiger partial charge in [0.25, 0.3) is 5.97 Å². The van der Waals surface area contributed by atoms with Crippen molar-refractivity contribution in [3.63, 3.8) is 0 Å². The molecule has 1 saturated heterocycles. The van der Waals surface area contributed by atoms with Crippen LogP contribution in [-0.2, 0) is 20.6 Å². The number of ether oxygens (including phenoxy) is 3. The van der Waals surface area contributed by atoms with E-state index in [0.717, 1.165) is 12.0 Å². The molecular weight excluding hydrogens is 228 g/mol. The number of hydrogen-bond acceptors (Lipinski definition) is 3. The zero-order valence-corrected chi connectivity index (χ0v) is 10.9. The molecule has 0 amide bonds. The Morgan fingerprint density at radius 2 is 2.17 bits per heavy atom. The van der Waals surface area contributed by atoms with Crippen LogP contribution in [0.25, 0.3) is 0 Å². The van der Waals surface area contributed by atoms with Crippen LogP contribution in [-0.4, -0.2) is 25.8 Å². The molecule has 0 aromatic heterocycles. The number of allylic oxidation sites excluding steroid dienone is 1. The highest BCUT2D eigenvalue weighted by Gasteiger charge is 2.37. The molecule has 0 saturated carbocycles. The van der Waals surface area contributed by atoms with E-state index in [1.165, 1.54) is 5.56 Å². The first-order valence-electron chi connectivity index (χ1n) is 6.07. The Morgan fingerprint density at radius 1 is 1.44 bits per heavy atom. The second-order valence-electron chi connectivity index (χ2n) is 4.47. The Labute approximate surface area is 108 Å². The minimum absolute atomic E-state index is 0.0455. The van der Waals surface area contributed by atoms with Crippen LogP contribution in [0.3, 0.4) is 0 Å². The van der Waals surface area contributed by atoms with Crippen LogP contribution >= 0.6 is 0 Å². The van der Waals surface area contributed by atoms with E-state index in [4.69, 9.17) is 14.2 Å². The summed E-state index contributed by atoms with van der Waals surface area (Å²) in [5.74, 6) is -0.888. The summed E-state index contributed by atoms with van der Waals surface area (Å²) < 4.78 is 16.3. The average Bonchev–Trinajstić information content (AvgIpc) is 2.75. The molecule has 1 aliphatic heterocycles. The second kappa shape index (κ2) is 5.65. The van der Waals surface area contributed by atoms with Gasteiger partial charge in [-0.05, 0) is 11.1 Å². The van der Waals surface area contributed by atoms with Crippen molar-refractivity contribution in [2.75, 3.05) is 13.7 Å². The number of rotatable bonds is 5. The van der Waals surface area contributed by atoms with Crippen molar-refractivity contribution in [3.8, 4) is 0 Å². The van der Waals surface area contributed by atoms with E-state index in [2.05, 4.69) is 30.8 Å². The fraction of sp³-hybridized carbons (Fsp3) is 0.400. The maximum absolute atomic E-state index is 5.71. The van der Waals surface area contributed by atoms with E-state index in [1.807, 2.05) is 6.42 Å². The van der Waals surface area contributed by atoms with E-state index < -0.39 is 5.97 Å². The largest absolute Gasteiger partial charge is 0.331 e. The second-order valence-corrected chi connectivity index (χ2v) is 4.47. The van der Waals surface area contributed by atoms with Crippen LogP contribution in [0.4, 0.5) is 0 Å². The van der Waals surface area contributed by atoms with Gasteiger partial charge in [0.15, 0.2) is 0 Å². The predicted octanol–water partition coefficient (Wildman–Crippen LogP) is 2.70. The van der Waals surface area contributed by atoms with E-state index >= 15 is 0 Å². The van der Waals surface area contributed by atoms with Gasteiger partial charge in [0.05, 0.1) is 12.7 Å². The molecule has 1 aromatic rings. The monoisotopic (exact) mass is 247 g/mol. The van der Waals surface area contributed by atoms with E-state index in [9.17, 15) is 0 Å². The topological polar surface area (TPSA) is 27.7 Å². The highest BCUT2D eigenvalue weighted by atomic mass is 16.9. The van der Waals surface area contributed by atoms with Gasteiger partial charge in [-0.15, -0.1) is 6.58 Å². The highest BCUT2D eigenvalue weighted by molar-refractivity contribution is 5.30. The molecule has 1 aromatic carbocycles. The molecule has 3 nitrogen and oxygen atoms in total. The van der Waals surface area contributed by atoms with Crippen LogP contribution in [0.2, 0.25) is 0 Å². The van der Waals surface area contributed by atoms with Crippen LogP contribution in [0, 0.1) is 6.42 Å². The van der Waals surface area contributed by atoms with Crippen LogP contribution in [0.1, 0.15) is 18.1 Å². The van der Waals surface area contributed by atoms with Gasteiger partial charge in [0.1, 0.15) is 0 Å². The third-order valence-corrected chi connectivity index (χ3v) is 3.04. The summed E-state index contributed by atoms with van der Waals surface area (Å²) in [6.07, 6.45) is 4.63. The Kier molecular flexibility index (Phi) is 4.17. The van der Waals surface area contributed by atoms with E-state index in [0.29, 0.717) is 6.61 Å². The van der Waals surface area contributed by atoms with Gasteiger partial charge in [0.2, 0.25) is 0 Å². The van der Waals surface area contributed by atoms with Gasteiger partial charge < -0.3 is 14.2 Å². The lowest BCUT2D eigenvalue weighted by molar-refractivity contribution is -0.313. The molecule has 1 radical (unpaired) electrons. The first kappa shape index (κ1) is 13.3. The summed E-state index contributed by atoms with van der Waals surface area (Å²) in [4.78, 5) is 0. The summed E-state index contributed by atoms with van der Waals surface area (Å²) in [6, 6.07) is 8.34. The molecule has 18 heavy (non-hydrogen) atoms. The van der Waals surface area contributed by atoms with Crippen molar-refractivity contribution in [2.24, 2.45) is 0 Å². The summed E-state index contributed by atoms with van der Waals surface area (Å²) in [6.45, 7) is 6.03. The SMILES string of the molecule is C=C[CH]c1ccc(CC2COC(C)(OC)O2)cc1. The summed E-state index contributed by atoms with van der Waals surface area (Å²) in [7, 11) is 1.59. The van der Waals surface area contributed by atoms with Crippen molar-refractivity contribution in [3.05, 3.63) is 54.5 Å². The number of hydrogen-bond donors (Lipinski definition) is 0. The van der Waals surface area contributed by atoms with Gasteiger partial charge in [-0.3, -0.25) is 0 Å². The molecule has 1 aliphatic rings. The Balaban J connectivity index is 1.92. The fourth-order valence-electron chi connectivity index (χ4n) is 1.99. The maximum Gasteiger partial charge on any atom is 0.280 e. The van der Waals surface area contributed by atoms with Gasteiger partial charge in [-0.1, -0.05) is 30.3 Å². The molecule has 2 unspecified atom stereocenters. The van der Waals surface area contributed by atoms with Gasteiger partial charge in [-0.2, -0.15) is 0 Å². The third-order valence-electron chi connectivity index (χ3n) is 3.04. The number of benzene rings is 1. The Bertz CT molecular complexity index is 399. The Morgan fingerprint density at radius 3 is 2.72 bits per heavy atom. The minimum atomic E-state index is -0.888. The molecule has 0 spiro atoms. The molecule has 0 N–H and O–H groups in total. The first-order valence-corrected chi connectivity index (χ1v) is 6.07. The normalized spacial score (nSPS) is 27.3. The van der Waals surface area contributed by atoms with Crippen LogP contribution in [0.15, 0.2) is 36.9 Å².